The van der Waals surface area contributed by atoms with Gasteiger partial charge in [-0.05, 0) is 36.1 Å². The molecule has 1 N–H and O–H groups in total. The van der Waals surface area contributed by atoms with Crippen LogP contribution in [-0.2, 0) is 17.9 Å². The Kier molecular flexibility index (Phi) is 6.04. The summed E-state index contributed by atoms with van der Waals surface area (Å²) in [7, 11) is 0. The molecule has 2 heterocycles. The Bertz CT molecular complexity index is 718. The number of nitrogens with zero attached hydrogens (tertiary/aromatic N) is 1. The lowest BCUT2D eigenvalue weighted by Crippen LogP contribution is -2.37. The second-order valence-electron chi connectivity index (χ2n) is 6.00. The van der Waals surface area contributed by atoms with Crippen molar-refractivity contribution >= 4 is 17.2 Å². The average molecular weight is 354 g/mol. The van der Waals surface area contributed by atoms with Crippen molar-refractivity contribution in [3.63, 3.8) is 0 Å². The molecule has 3 rings (SSSR count). The van der Waals surface area contributed by atoms with Gasteiger partial charge < -0.3 is 9.73 Å². The van der Waals surface area contributed by atoms with Crippen LogP contribution in [0.5, 0.6) is 0 Å². The average Bonchev–Trinajstić information content (AvgIpc) is 3.29. The number of hydrogen-bond acceptors (Lipinski definition) is 4. The van der Waals surface area contributed by atoms with Crippen molar-refractivity contribution in [2.24, 2.45) is 0 Å². The van der Waals surface area contributed by atoms with E-state index in [-0.39, 0.29) is 11.9 Å². The largest absolute Gasteiger partial charge is 0.468 e. The SMILES string of the molecule is C[C@@H](NC(=O)CN(Cc1ccco1)Cc1cccs1)c1ccccc1. The van der Waals surface area contributed by atoms with Crippen molar-refractivity contribution in [1.82, 2.24) is 10.2 Å². The number of rotatable bonds is 8. The first-order valence-corrected chi connectivity index (χ1v) is 9.20. The highest BCUT2D eigenvalue weighted by molar-refractivity contribution is 7.09. The molecule has 0 fully saturated rings. The summed E-state index contributed by atoms with van der Waals surface area (Å²) in [6, 6.07) is 17.9. The summed E-state index contributed by atoms with van der Waals surface area (Å²) in [4.78, 5) is 15.8. The van der Waals surface area contributed by atoms with Crippen molar-refractivity contribution in [3.05, 3.63) is 82.4 Å². The van der Waals surface area contributed by atoms with Gasteiger partial charge in [0.05, 0.1) is 25.4 Å². The third-order valence-corrected chi connectivity index (χ3v) is 4.82. The number of hydrogen-bond donors (Lipinski definition) is 1. The molecule has 2 aromatic heterocycles. The van der Waals surface area contributed by atoms with E-state index in [9.17, 15) is 4.79 Å². The summed E-state index contributed by atoms with van der Waals surface area (Å²) in [5.41, 5.74) is 1.10. The first kappa shape index (κ1) is 17.5. The van der Waals surface area contributed by atoms with Crippen LogP contribution in [0.25, 0.3) is 0 Å². The molecule has 0 aliphatic carbocycles. The predicted molar refractivity (Wildman–Crippen MR) is 100 cm³/mol. The van der Waals surface area contributed by atoms with E-state index in [1.807, 2.05) is 55.5 Å². The Labute approximate surface area is 152 Å². The molecule has 130 valence electrons. The van der Waals surface area contributed by atoms with Gasteiger partial charge in [0.25, 0.3) is 0 Å². The van der Waals surface area contributed by atoms with Crippen molar-refractivity contribution in [1.29, 1.82) is 0 Å². The molecule has 3 aromatic rings. The Morgan fingerprint density at radius 3 is 2.64 bits per heavy atom. The lowest BCUT2D eigenvalue weighted by Gasteiger charge is -2.22. The highest BCUT2D eigenvalue weighted by Crippen LogP contribution is 2.15. The molecular weight excluding hydrogens is 332 g/mol. The van der Waals surface area contributed by atoms with Gasteiger partial charge in [-0.3, -0.25) is 9.69 Å². The molecule has 1 aromatic carbocycles. The Balaban J connectivity index is 1.61. The van der Waals surface area contributed by atoms with E-state index in [1.54, 1.807) is 17.6 Å². The molecule has 1 amide bonds. The lowest BCUT2D eigenvalue weighted by atomic mass is 10.1. The molecule has 0 saturated carbocycles. The quantitative estimate of drug-likeness (QED) is 0.659. The van der Waals surface area contributed by atoms with E-state index in [0.29, 0.717) is 13.1 Å². The standard InChI is InChI=1S/C20H22N2O2S/c1-16(17-7-3-2-4-8-17)21-20(23)15-22(13-18-9-5-11-24-18)14-19-10-6-12-25-19/h2-12,16H,13-15H2,1H3,(H,21,23)/t16-/m1/s1. The third-order valence-electron chi connectivity index (χ3n) is 3.96. The summed E-state index contributed by atoms with van der Waals surface area (Å²) in [5.74, 6) is 0.875. The number of amides is 1. The maximum Gasteiger partial charge on any atom is 0.234 e. The number of furan rings is 1. The van der Waals surface area contributed by atoms with E-state index in [2.05, 4.69) is 21.7 Å². The second-order valence-corrected chi connectivity index (χ2v) is 7.04. The number of carbonyl (C=O) groups is 1. The minimum Gasteiger partial charge on any atom is -0.468 e. The van der Waals surface area contributed by atoms with Crippen molar-refractivity contribution in [2.75, 3.05) is 6.54 Å². The van der Waals surface area contributed by atoms with Gasteiger partial charge in [-0.15, -0.1) is 11.3 Å². The molecule has 0 aliphatic heterocycles. The molecule has 0 spiro atoms. The molecule has 4 nitrogen and oxygen atoms in total. The van der Waals surface area contributed by atoms with Gasteiger partial charge in [-0.2, -0.15) is 0 Å². The zero-order chi connectivity index (χ0) is 17.5. The van der Waals surface area contributed by atoms with Gasteiger partial charge in [0.15, 0.2) is 0 Å². The van der Waals surface area contributed by atoms with Gasteiger partial charge in [0.1, 0.15) is 5.76 Å². The van der Waals surface area contributed by atoms with Gasteiger partial charge in [-0.25, -0.2) is 0 Å². The monoisotopic (exact) mass is 354 g/mol. The molecule has 0 saturated heterocycles. The van der Waals surface area contributed by atoms with E-state index < -0.39 is 0 Å². The van der Waals surface area contributed by atoms with Crippen LogP contribution in [0, 0.1) is 0 Å². The minimum atomic E-state index is -0.0131. The smallest absolute Gasteiger partial charge is 0.234 e. The fraction of sp³-hybridized carbons (Fsp3) is 0.250. The lowest BCUT2D eigenvalue weighted by molar-refractivity contribution is -0.123. The predicted octanol–water partition coefficient (Wildman–Crippen LogP) is 4.22. The zero-order valence-electron chi connectivity index (χ0n) is 14.2. The van der Waals surface area contributed by atoms with Crippen molar-refractivity contribution in [2.45, 2.75) is 26.1 Å². The zero-order valence-corrected chi connectivity index (χ0v) is 15.0. The van der Waals surface area contributed by atoms with Crippen molar-refractivity contribution < 1.29 is 9.21 Å². The van der Waals surface area contributed by atoms with Crippen LogP contribution < -0.4 is 5.32 Å². The molecule has 5 heteroatoms. The number of benzene rings is 1. The molecule has 0 unspecified atom stereocenters. The van der Waals surface area contributed by atoms with Crippen LogP contribution >= 0.6 is 11.3 Å². The molecule has 0 aliphatic rings. The number of nitrogens with one attached hydrogen (secondary N) is 1. The fourth-order valence-electron chi connectivity index (χ4n) is 2.73. The van der Waals surface area contributed by atoms with E-state index >= 15 is 0 Å². The summed E-state index contributed by atoms with van der Waals surface area (Å²) in [6.07, 6.45) is 1.66. The van der Waals surface area contributed by atoms with Gasteiger partial charge in [0, 0.05) is 11.4 Å². The molecule has 0 radical (unpaired) electrons. The fourth-order valence-corrected chi connectivity index (χ4v) is 3.48. The molecule has 25 heavy (non-hydrogen) atoms. The van der Waals surface area contributed by atoms with Gasteiger partial charge in [0.2, 0.25) is 5.91 Å². The molecule has 0 bridgehead atoms. The van der Waals surface area contributed by atoms with Crippen LogP contribution in [0.4, 0.5) is 0 Å². The summed E-state index contributed by atoms with van der Waals surface area (Å²) in [5, 5.41) is 5.13. The van der Waals surface area contributed by atoms with Crippen LogP contribution in [0.1, 0.15) is 29.2 Å². The van der Waals surface area contributed by atoms with Crippen molar-refractivity contribution in [3.8, 4) is 0 Å². The normalized spacial score (nSPS) is 12.2. The van der Waals surface area contributed by atoms with Crippen LogP contribution in [0.2, 0.25) is 0 Å². The molecule has 1 atom stereocenters. The molecular formula is C20H22N2O2S. The first-order valence-electron chi connectivity index (χ1n) is 8.32. The minimum absolute atomic E-state index is 0.0131. The number of carbonyl (C=O) groups excluding carboxylic acids is 1. The summed E-state index contributed by atoms with van der Waals surface area (Å²) >= 11 is 1.70. The van der Waals surface area contributed by atoms with Gasteiger partial charge in [-0.1, -0.05) is 36.4 Å². The number of thiophene rings is 1. The maximum absolute atomic E-state index is 12.5. The second kappa shape index (κ2) is 8.65. The van der Waals surface area contributed by atoms with E-state index in [1.165, 1.54) is 4.88 Å². The van der Waals surface area contributed by atoms with Gasteiger partial charge >= 0.3 is 0 Å². The summed E-state index contributed by atoms with van der Waals surface area (Å²) in [6.45, 7) is 3.67. The third kappa shape index (κ3) is 5.31. The maximum atomic E-state index is 12.5. The van der Waals surface area contributed by atoms with E-state index in [0.717, 1.165) is 17.9 Å². The highest BCUT2D eigenvalue weighted by Gasteiger charge is 2.16. The first-order chi connectivity index (χ1) is 12.2. The Morgan fingerprint density at radius 2 is 1.96 bits per heavy atom. The summed E-state index contributed by atoms with van der Waals surface area (Å²) < 4.78 is 5.45. The van der Waals surface area contributed by atoms with Crippen LogP contribution in [0.15, 0.2) is 70.7 Å². The highest BCUT2D eigenvalue weighted by atomic mass is 32.1. The topological polar surface area (TPSA) is 45.5 Å². The van der Waals surface area contributed by atoms with E-state index in [4.69, 9.17) is 4.42 Å². The van der Waals surface area contributed by atoms with Crippen LogP contribution in [-0.4, -0.2) is 17.4 Å². The Hall–Kier alpha value is -2.37. The Morgan fingerprint density at radius 1 is 1.12 bits per heavy atom. The van der Waals surface area contributed by atoms with Crippen LogP contribution in [0.3, 0.4) is 0 Å².